The zero-order valence-electron chi connectivity index (χ0n) is 16.7. The molecule has 1 aliphatic rings. The maximum Gasteiger partial charge on any atom is 0.259 e. The van der Waals surface area contributed by atoms with Crippen molar-refractivity contribution in [2.75, 3.05) is 24.1 Å². The second kappa shape index (κ2) is 7.71. The molecule has 0 saturated carbocycles. The van der Waals surface area contributed by atoms with Gasteiger partial charge in [0.15, 0.2) is 5.76 Å². The number of aromatic nitrogens is 6. The number of nitrogen functional groups attached to an aromatic ring is 1. The Balaban J connectivity index is 1.30. The number of furan rings is 1. The van der Waals surface area contributed by atoms with Gasteiger partial charge in [-0.25, -0.2) is 0 Å². The highest BCUT2D eigenvalue weighted by molar-refractivity contribution is 5.52. The van der Waals surface area contributed by atoms with E-state index in [0.717, 1.165) is 38.2 Å². The van der Waals surface area contributed by atoms with Gasteiger partial charge in [0, 0.05) is 25.3 Å². The summed E-state index contributed by atoms with van der Waals surface area (Å²) in [5.41, 5.74) is 8.42. The lowest BCUT2D eigenvalue weighted by Gasteiger charge is -2.24. The van der Waals surface area contributed by atoms with Crippen LogP contribution in [0.2, 0.25) is 0 Å². The van der Waals surface area contributed by atoms with Crippen LogP contribution in [0.4, 0.5) is 11.9 Å². The SMILES string of the molecule is Cc1cccnc1CN1CCCC1CNc1nc(N)n2nc(-c3ccco3)nc2n1. The molecule has 0 spiro atoms. The van der Waals surface area contributed by atoms with E-state index < -0.39 is 0 Å². The molecule has 1 atom stereocenters. The Labute approximate surface area is 173 Å². The van der Waals surface area contributed by atoms with E-state index in [1.54, 1.807) is 18.4 Å². The molecule has 1 fully saturated rings. The van der Waals surface area contributed by atoms with Gasteiger partial charge in [-0.05, 0) is 50.1 Å². The smallest absolute Gasteiger partial charge is 0.259 e. The van der Waals surface area contributed by atoms with Crippen LogP contribution in [0, 0.1) is 6.92 Å². The molecule has 1 aliphatic heterocycles. The number of anilines is 2. The number of nitrogens with zero attached hydrogens (tertiary/aromatic N) is 7. The van der Waals surface area contributed by atoms with Gasteiger partial charge in [0.25, 0.3) is 5.78 Å². The van der Waals surface area contributed by atoms with E-state index in [-0.39, 0.29) is 5.95 Å². The molecule has 10 heteroatoms. The zero-order chi connectivity index (χ0) is 20.5. The summed E-state index contributed by atoms with van der Waals surface area (Å²) in [4.78, 5) is 20.2. The summed E-state index contributed by atoms with van der Waals surface area (Å²) in [7, 11) is 0. The molecule has 4 aromatic heterocycles. The van der Waals surface area contributed by atoms with Crippen LogP contribution in [-0.2, 0) is 6.54 Å². The van der Waals surface area contributed by atoms with E-state index in [1.165, 1.54) is 10.1 Å². The number of likely N-dealkylation sites (tertiary alicyclic amines) is 1. The van der Waals surface area contributed by atoms with Crippen LogP contribution < -0.4 is 11.1 Å². The number of rotatable bonds is 6. The maximum absolute atomic E-state index is 6.07. The number of hydrogen-bond donors (Lipinski definition) is 2. The molecule has 5 heterocycles. The van der Waals surface area contributed by atoms with Gasteiger partial charge in [0.2, 0.25) is 17.7 Å². The minimum Gasteiger partial charge on any atom is -0.461 e. The highest BCUT2D eigenvalue weighted by Crippen LogP contribution is 2.21. The average Bonchev–Trinajstić information content (AvgIpc) is 3.49. The van der Waals surface area contributed by atoms with Crippen molar-refractivity contribution in [1.29, 1.82) is 0 Å². The van der Waals surface area contributed by atoms with E-state index in [4.69, 9.17) is 10.2 Å². The first-order valence-electron chi connectivity index (χ1n) is 10.00. The molecule has 30 heavy (non-hydrogen) atoms. The molecule has 5 rings (SSSR count). The van der Waals surface area contributed by atoms with Crippen LogP contribution in [-0.4, -0.2) is 53.6 Å². The van der Waals surface area contributed by atoms with Gasteiger partial charge < -0.3 is 15.5 Å². The number of nitrogens with one attached hydrogen (secondary N) is 1. The third kappa shape index (κ3) is 3.57. The second-order valence-electron chi connectivity index (χ2n) is 7.44. The van der Waals surface area contributed by atoms with Gasteiger partial charge in [0.05, 0.1) is 12.0 Å². The quantitative estimate of drug-likeness (QED) is 0.496. The summed E-state index contributed by atoms with van der Waals surface area (Å²) in [6, 6.07) is 8.02. The average molecular weight is 405 g/mol. The molecule has 0 amide bonds. The number of fused-ring (bicyclic) bond motifs is 1. The standard InChI is InChI=1S/C20H23N9O/c1-13-5-2-8-22-15(13)12-28-9-3-6-14(28)11-23-19-25-18(21)29-20(26-19)24-17(27-29)16-7-4-10-30-16/h2,4-5,7-8,10,14H,3,6,9,11-12H2,1H3,(H3,21,23,24,25,26,27). The van der Waals surface area contributed by atoms with Crippen molar-refractivity contribution >= 4 is 17.7 Å². The van der Waals surface area contributed by atoms with E-state index in [2.05, 4.69) is 48.2 Å². The molecule has 0 bridgehead atoms. The lowest BCUT2D eigenvalue weighted by atomic mass is 10.2. The molecular formula is C20H23N9O. The fourth-order valence-corrected chi connectivity index (χ4v) is 3.81. The second-order valence-corrected chi connectivity index (χ2v) is 7.44. The molecule has 3 N–H and O–H groups in total. The Morgan fingerprint density at radius 2 is 2.17 bits per heavy atom. The summed E-state index contributed by atoms with van der Waals surface area (Å²) < 4.78 is 6.76. The van der Waals surface area contributed by atoms with Gasteiger partial charge in [-0.2, -0.15) is 19.5 Å². The van der Waals surface area contributed by atoms with E-state index in [9.17, 15) is 0 Å². The fourth-order valence-electron chi connectivity index (χ4n) is 3.81. The predicted molar refractivity (Wildman–Crippen MR) is 112 cm³/mol. The Kier molecular flexibility index (Phi) is 4.75. The largest absolute Gasteiger partial charge is 0.461 e. The predicted octanol–water partition coefficient (Wildman–Crippen LogP) is 2.14. The number of hydrogen-bond acceptors (Lipinski definition) is 9. The van der Waals surface area contributed by atoms with Crippen LogP contribution >= 0.6 is 0 Å². The molecule has 10 nitrogen and oxygen atoms in total. The number of pyridine rings is 1. The Morgan fingerprint density at radius 3 is 3.00 bits per heavy atom. The molecule has 0 aromatic carbocycles. The summed E-state index contributed by atoms with van der Waals surface area (Å²) in [5, 5.41) is 7.64. The van der Waals surface area contributed by atoms with Gasteiger partial charge in [-0.15, -0.1) is 5.10 Å². The zero-order valence-corrected chi connectivity index (χ0v) is 16.7. The summed E-state index contributed by atoms with van der Waals surface area (Å²) in [5.74, 6) is 2.02. The van der Waals surface area contributed by atoms with Gasteiger partial charge in [0.1, 0.15) is 0 Å². The third-order valence-corrected chi connectivity index (χ3v) is 5.44. The Bertz CT molecular complexity index is 1150. The van der Waals surface area contributed by atoms with E-state index in [0.29, 0.717) is 29.4 Å². The number of nitrogens with two attached hydrogens (primary N) is 1. The van der Waals surface area contributed by atoms with E-state index in [1.807, 2.05) is 12.3 Å². The maximum atomic E-state index is 6.07. The van der Waals surface area contributed by atoms with Gasteiger partial charge in [-0.3, -0.25) is 9.88 Å². The normalized spacial score (nSPS) is 17.0. The van der Waals surface area contributed by atoms with Crippen molar-refractivity contribution in [3.05, 3.63) is 48.0 Å². The minimum absolute atomic E-state index is 0.222. The molecular weight excluding hydrogens is 382 g/mol. The molecule has 1 unspecified atom stereocenters. The summed E-state index contributed by atoms with van der Waals surface area (Å²) in [6.07, 6.45) is 5.71. The first kappa shape index (κ1) is 18.5. The van der Waals surface area contributed by atoms with Crippen LogP contribution in [0.15, 0.2) is 41.1 Å². The molecule has 0 radical (unpaired) electrons. The summed E-state index contributed by atoms with van der Waals surface area (Å²) in [6.45, 7) is 4.73. The molecule has 4 aromatic rings. The Morgan fingerprint density at radius 1 is 1.23 bits per heavy atom. The highest BCUT2D eigenvalue weighted by Gasteiger charge is 2.25. The lowest BCUT2D eigenvalue weighted by Crippen LogP contribution is -2.35. The van der Waals surface area contributed by atoms with Crippen LogP contribution in [0.25, 0.3) is 17.4 Å². The molecule has 0 aliphatic carbocycles. The van der Waals surface area contributed by atoms with E-state index >= 15 is 0 Å². The van der Waals surface area contributed by atoms with Crippen molar-refractivity contribution in [3.63, 3.8) is 0 Å². The van der Waals surface area contributed by atoms with Crippen molar-refractivity contribution < 1.29 is 4.42 Å². The fraction of sp³-hybridized carbons (Fsp3) is 0.350. The molecule has 154 valence electrons. The Hall–Kier alpha value is -3.53. The van der Waals surface area contributed by atoms with Crippen molar-refractivity contribution in [2.24, 2.45) is 0 Å². The third-order valence-electron chi connectivity index (χ3n) is 5.44. The van der Waals surface area contributed by atoms with Crippen LogP contribution in [0.3, 0.4) is 0 Å². The molecule has 1 saturated heterocycles. The van der Waals surface area contributed by atoms with Crippen LogP contribution in [0.5, 0.6) is 0 Å². The summed E-state index contributed by atoms with van der Waals surface area (Å²) >= 11 is 0. The minimum atomic E-state index is 0.222. The topological polar surface area (TPSA) is 123 Å². The lowest BCUT2D eigenvalue weighted by molar-refractivity contribution is 0.250. The monoisotopic (exact) mass is 405 g/mol. The van der Waals surface area contributed by atoms with Crippen molar-refractivity contribution in [1.82, 2.24) is 34.4 Å². The first-order valence-corrected chi connectivity index (χ1v) is 10.00. The van der Waals surface area contributed by atoms with Gasteiger partial charge >= 0.3 is 0 Å². The highest BCUT2D eigenvalue weighted by atomic mass is 16.3. The van der Waals surface area contributed by atoms with Crippen LogP contribution in [0.1, 0.15) is 24.1 Å². The van der Waals surface area contributed by atoms with Crippen molar-refractivity contribution in [2.45, 2.75) is 32.4 Å². The van der Waals surface area contributed by atoms with Gasteiger partial charge in [-0.1, -0.05) is 6.07 Å². The number of aryl methyl sites for hydroxylation is 1. The van der Waals surface area contributed by atoms with Crippen molar-refractivity contribution in [3.8, 4) is 11.6 Å². The first-order chi connectivity index (χ1) is 14.7.